The van der Waals surface area contributed by atoms with Crippen LogP contribution in [0.3, 0.4) is 0 Å². The first-order chi connectivity index (χ1) is 8.52. The van der Waals surface area contributed by atoms with E-state index < -0.39 is 0 Å². The Labute approximate surface area is 112 Å². The number of nitrogens with one attached hydrogen (secondary N) is 1. The number of carbonyl (C=O) groups excluding carboxylic acids is 1. The zero-order valence-electron chi connectivity index (χ0n) is 10.3. The van der Waals surface area contributed by atoms with Crippen molar-refractivity contribution >= 4 is 23.2 Å². The molecule has 0 aliphatic rings. The van der Waals surface area contributed by atoms with E-state index in [-0.39, 0.29) is 19.1 Å². The molecule has 1 rings (SSSR count). The number of nitrogens with zero attached hydrogens (tertiary/aromatic N) is 1. The normalized spacial score (nSPS) is 9.83. The van der Waals surface area contributed by atoms with Gasteiger partial charge >= 0.3 is 0 Å². The number of likely N-dealkylation sites (N-methyl/N-ethyl adjacent to an activating group) is 1. The Hall–Kier alpha value is -1.54. The maximum Gasteiger partial charge on any atom is 0.238 e. The number of hydrogen-bond donors (Lipinski definition) is 2. The largest absolute Gasteiger partial charge is 0.384 e. The average Bonchev–Trinajstić information content (AvgIpc) is 2.28. The second-order valence-electron chi connectivity index (χ2n) is 3.94. The van der Waals surface area contributed by atoms with Crippen molar-refractivity contribution in [2.75, 3.05) is 32.6 Å². The highest BCUT2D eigenvalue weighted by atomic mass is 35.5. The molecule has 1 aromatic rings. The van der Waals surface area contributed by atoms with E-state index in [1.165, 1.54) is 0 Å². The second-order valence-corrected chi connectivity index (χ2v) is 4.37. The molecule has 2 N–H and O–H groups in total. The van der Waals surface area contributed by atoms with E-state index in [0.29, 0.717) is 16.3 Å². The maximum absolute atomic E-state index is 11.7. The summed E-state index contributed by atoms with van der Waals surface area (Å²) in [7, 11) is 3.63. The summed E-state index contributed by atoms with van der Waals surface area (Å²) in [5.74, 6) is 5.15. The van der Waals surface area contributed by atoms with Gasteiger partial charge in [-0.15, -0.1) is 0 Å². The number of hydrogen-bond acceptors (Lipinski definition) is 3. The smallest absolute Gasteiger partial charge is 0.238 e. The van der Waals surface area contributed by atoms with Gasteiger partial charge in [0.1, 0.15) is 6.61 Å². The third-order valence-electron chi connectivity index (χ3n) is 2.02. The minimum absolute atomic E-state index is 0.130. The Morgan fingerprint density at radius 2 is 2.22 bits per heavy atom. The number of anilines is 1. The number of aliphatic hydroxyl groups is 1. The summed E-state index contributed by atoms with van der Waals surface area (Å²) in [5.41, 5.74) is 1.18. The topological polar surface area (TPSA) is 52.6 Å². The van der Waals surface area contributed by atoms with E-state index in [4.69, 9.17) is 16.7 Å². The molecule has 0 aliphatic heterocycles. The van der Waals surface area contributed by atoms with Gasteiger partial charge in [0.15, 0.2) is 0 Å². The lowest BCUT2D eigenvalue weighted by Gasteiger charge is -2.11. The maximum atomic E-state index is 11.7. The molecular weight excluding hydrogens is 252 g/mol. The van der Waals surface area contributed by atoms with Crippen LogP contribution in [0.1, 0.15) is 5.56 Å². The van der Waals surface area contributed by atoms with Gasteiger partial charge in [-0.3, -0.25) is 4.79 Å². The Kier molecular flexibility index (Phi) is 5.66. The van der Waals surface area contributed by atoms with E-state index >= 15 is 0 Å². The molecule has 0 heterocycles. The highest BCUT2D eigenvalue weighted by Crippen LogP contribution is 2.19. The molecule has 0 radical (unpaired) electrons. The predicted octanol–water partition coefficient (Wildman–Crippen LogP) is 1.18. The number of carbonyl (C=O) groups is 1. The van der Waals surface area contributed by atoms with E-state index in [2.05, 4.69) is 17.2 Å². The van der Waals surface area contributed by atoms with Gasteiger partial charge in [0.25, 0.3) is 0 Å². The SMILES string of the molecule is CN(C)CC(=O)Nc1ccc(Cl)cc1C#CCO. The van der Waals surface area contributed by atoms with Crippen LogP contribution in [0.5, 0.6) is 0 Å². The van der Waals surface area contributed by atoms with E-state index in [9.17, 15) is 4.79 Å². The summed E-state index contributed by atoms with van der Waals surface area (Å²) >= 11 is 5.87. The monoisotopic (exact) mass is 266 g/mol. The van der Waals surface area contributed by atoms with Gasteiger partial charge in [0.05, 0.1) is 12.2 Å². The van der Waals surface area contributed by atoms with E-state index in [0.717, 1.165) is 0 Å². The third-order valence-corrected chi connectivity index (χ3v) is 2.25. The minimum Gasteiger partial charge on any atom is -0.384 e. The van der Waals surface area contributed by atoms with Crippen molar-refractivity contribution in [2.24, 2.45) is 0 Å². The van der Waals surface area contributed by atoms with Gasteiger partial charge in [0.2, 0.25) is 5.91 Å². The lowest BCUT2D eigenvalue weighted by atomic mass is 10.2. The van der Waals surface area contributed by atoms with Gasteiger partial charge in [-0.2, -0.15) is 0 Å². The Bertz CT molecular complexity index is 489. The highest BCUT2D eigenvalue weighted by Gasteiger charge is 2.07. The van der Waals surface area contributed by atoms with Crippen LogP contribution in [-0.2, 0) is 4.79 Å². The van der Waals surface area contributed by atoms with Gasteiger partial charge in [-0.1, -0.05) is 23.4 Å². The highest BCUT2D eigenvalue weighted by molar-refractivity contribution is 6.30. The van der Waals surface area contributed by atoms with E-state index in [1.54, 1.807) is 23.1 Å². The van der Waals surface area contributed by atoms with Crippen LogP contribution >= 0.6 is 11.6 Å². The zero-order valence-corrected chi connectivity index (χ0v) is 11.1. The van der Waals surface area contributed by atoms with Crippen molar-refractivity contribution in [1.82, 2.24) is 4.90 Å². The van der Waals surface area contributed by atoms with Crippen molar-refractivity contribution < 1.29 is 9.90 Å². The second kappa shape index (κ2) is 7.02. The minimum atomic E-state index is -0.238. The molecule has 0 saturated carbocycles. The Morgan fingerprint density at radius 1 is 1.50 bits per heavy atom. The molecule has 1 aromatic carbocycles. The molecule has 0 aliphatic carbocycles. The molecule has 0 aromatic heterocycles. The van der Waals surface area contributed by atoms with Crippen molar-refractivity contribution in [3.05, 3.63) is 28.8 Å². The summed E-state index contributed by atoms with van der Waals surface area (Å²) in [5, 5.41) is 12.0. The summed E-state index contributed by atoms with van der Waals surface area (Å²) in [4.78, 5) is 13.4. The lowest BCUT2D eigenvalue weighted by molar-refractivity contribution is -0.116. The molecular formula is C13H15ClN2O2. The Balaban J connectivity index is 2.90. The van der Waals surface area contributed by atoms with Crippen molar-refractivity contribution in [3.8, 4) is 11.8 Å². The number of benzene rings is 1. The molecule has 5 heteroatoms. The Morgan fingerprint density at radius 3 is 2.83 bits per heavy atom. The molecule has 0 atom stereocenters. The van der Waals surface area contributed by atoms with Gasteiger partial charge in [-0.25, -0.2) is 0 Å². The fourth-order valence-corrected chi connectivity index (χ4v) is 1.51. The van der Waals surface area contributed by atoms with Crippen LogP contribution in [0.4, 0.5) is 5.69 Å². The van der Waals surface area contributed by atoms with Crippen LogP contribution in [0, 0.1) is 11.8 Å². The molecule has 1 amide bonds. The zero-order chi connectivity index (χ0) is 13.5. The molecule has 0 saturated heterocycles. The first-order valence-electron chi connectivity index (χ1n) is 5.37. The standard InChI is InChI=1S/C13H15ClN2O2/c1-16(2)9-13(18)15-12-6-5-11(14)8-10(12)4-3-7-17/h5-6,8,17H,7,9H2,1-2H3,(H,15,18). The number of rotatable bonds is 3. The molecule has 18 heavy (non-hydrogen) atoms. The van der Waals surface area contributed by atoms with Gasteiger partial charge in [-0.05, 0) is 32.3 Å². The molecule has 0 bridgehead atoms. The van der Waals surface area contributed by atoms with Crippen LogP contribution in [0.25, 0.3) is 0 Å². The summed E-state index contributed by atoms with van der Waals surface area (Å²) in [6.45, 7) is 0.0487. The predicted molar refractivity (Wildman–Crippen MR) is 72.6 cm³/mol. The average molecular weight is 267 g/mol. The van der Waals surface area contributed by atoms with Crippen molar-refractivity contribution in [3.63, 3.8) is 0 Å². The van der Waals surface area contributed by atoms with Crippen LogP contribution < -0.4 is 5.32 Å². The molecule has 0 spiro atoms. The quantitative estimate of drug-likeness (QED) is 0.808. The first kappa shape index (κ1) is 14.5. The fraction of sp³-hybridized carbons (Fsp3) is 0.308. The molecule has 0 unspecified atom stereocenters. The lowest BCUT2D eigenvalue weighted by Crippen LogP contribution is -2.27. The fourth-order valence-electron chi connectivity index (χ4n) is 1.34. The summed E-state index contributed by atoms with van der Waals surface area (Å²) in [6, 6.07) is 5.02. The molecule has 0 fully saturated rings. The van der Waals surface area contributed by atoms with Crippen LogP contribution in [0.15, 0.2) is 18.2 Å². The number of aliphatic hydroxyl groups excluding tert-OH is 1. The third kappa shape index (κ3) is 4.76. The molecule has 4 nitrogen and oxygen atoms in total. The number of halogens is 1. The summed E-state index contributed by atoms with van der Waals surface area (Å²) in [6.07, 6.45) is 0. The first-order valence-corrected chi connectivity index (χ1v) is 5.74. The van der Waals surface area contributed by atoms with Gasteiger partial charge in [0, 0.05) is 10.6 Å². The van der Waals surface area contributed by atoms with Crippen LogP contribution in [-0.4, -0.2) is 43.2 Å². The molecule has 96 valence electrons. The van der Waals surface area contributed by atoms with Crippen molar-refractivity contribution in [2.45, 2.75) is 0 Å². The van der Waals surface area contributed by atoms with Crippen molar-refractivity contribution in [1.29, 1.82) is 0 Å². The van der Waals surface area contributed by atoms with Crippen LogP contribution in [0.2, 0.25) is 5.02 Å². The van der Waals surface area contributed by atoms with Gasteiger partial charge < -0.3 is 15.3 Å². The van der Waals surface area contributed by atoms with E-state index in [1.807, 2.05) is 14.1 Å². The summed E-state index contributed by atoms with van der Waals surface area (Å²) < 4.78 is 0. The number of amides is 1.